The summed E-state index contributed by atoms with van der Waals surface area (Å²) in [6.07, 6.45) is 2.01. The number of rotatable bonds is 3. The summed E-state index contributed by atoms with van der Waals surface area (Å²) in [4.78, 5) is 0. The van der Waals surface area contributed by atoms with Gasteiger partial charge in [0.05, 0.1) is 0 Å². The van der Waals surface area contributed by atoms with Gasteiger partial charge in [-0.3, -0.25) is 4.72 Å². The second-order valence-electron chi connectivity index (χ2n) is 2.15. The molecule has 0 saturated heterocycles. The molecule has 0 atom stereocenters. The molecule has 11 heavy (non-hydrogen) atoms. The second kappa shape index (κ2) is 4.65. The average Bonchev–Trinajstić information content (AvgIpc) is 2.04. The van der Waals surface area contributed by atoms with Gasteiger partial charge >= 0.3 is 0 Å². The molecule has 0 fully saturated rings. The summed E-state index contributed by atoms with van der Waals surface area (Å²) < 4.78 is 3.16. The van der Waals surface area contributed by atoms with Crippen molar-refractivity contribution >= 4 is 23.5 Å². The second-order valence-corrected chi connectivity index (χ2v) is 3.29. The highest BCUT2D eigenvalue weighted by atomic mass is 35.5. The molecule has 1 nitrogen and oxygen atoms in total. The lowest BCUT2D eigenvalue weighted by Gasteiger charge is -1.99. The largest absolute Gasteiger partial charge is 0.260 e. The van der Waals surface area contributed by atoms with Gasteiger partial charge in [0.1, 0.15) is 0 Å². The molecule has 1 N–H and O–H groups in total. The van der Waals surface area contributed by atoms with E-state index in [1.165, 1.54) is 5.56 Å². The maximum Gasteiger partial charge on any atom is 0.0406 e. The normalized spacial score (nSPS) is 10.0. The molecule has 0 amide bonds. The van der Waals surface area contributed by atoms with Crippen LogP contribution in [0.4, 0.5) is 0 Å². The Morgan fingerprint density at radius 2 is 2.00 bits per heavy atom. The van der Waals surface area contributed by atoms with Gasteiger partial charge in [0.25, 0.3) is 0 Å². The van der Waals surface area contributed by atoms with Crippen molar-refractivity contribution in [1.82, 2.24) is 4.72 Å². The first-order chi connectivity index (χ1) is 5.33. The fourth-order valence-electron chi connectivity index (χ4n) is 0.758. The number of nitrogens with one attached hydrogen (secondary N) is 1. The molecule has 60 valence electrons. The molecule has 0 bridgehead atoms. The van der Waals surface area contributed by atoms with Crippen LogP contribution < -0.4 is 4.72 Å². The predicted molar refractivity (Wildman–Crippen MR) is 51.8 cm³/mol. The van der Waals surface area contributed by atoms with E-state index in [1.807, 2.05) is 30.5 Å². The lowest BCUT2D eigenvalue weighted by Crippen LogP contribution is -2.01. The molecule has 1 aromatic rings. The molecule has 1 aromatic carbocycles. The molecule has 0 unspecified atom stereocenters. The van der Waals surface area contributed by atoms with Crippen LogP contribution >= 0.6 is 23.5 Å². The summed E-state index contributed by atoms with van der Waals surface area (Å²) >= 11 is 7.34. The van der Waals surface area contributed by atoms with Gasteiger partial charge in [-0.2, -0.15) is 0 Å². The van der Waals surface area contributed by atoms with E-state index in [9.17, 15) is 0 Å². The average molecular weight is 188 g/mol. The van der Waals surface area contributed by atoms with Gasteiger partial charge in [0, 0.05) is 11.6 Å². The first kappa shape index (κ1) is 8.91. The van der Waals surface area contributed by atoms with Gasteiger partial charge in [-0.05, 0) is 24.0 Å². The minimum atomic E-state index is 0.790. The standard InChI is InChI=1S/C8H10ClNS/c1-11-10-6-7-2-4-8(9)5-3-7/h2-5,10H,6H2,1H3. The number of benzene rings is 1. The van der Waals surface area contributed by atoms with E-state index < -0.39 is 0 Å². The van der Waals surface area contributed by atoms with Crippen molar-refractivity contribution in [3.8, 4) is 0 Å². The summed E-state index contributed by atoms with van der Waals surface area (Å²) in [5.41, 5.74) is 1.25. The lowest BCUT2D eigenvalue weighted by molar-refractivity contribution is 0.980. The van der Waals surface area contributed by atoms with Gasteiger partial charge in [-0.1, -0.05) is 35.7 Å². The van der Waals surface area contributed by atoms with Gasteiger partial charge < -0.3 is 0 Å². The monoisotopic (exact) mass is 187 g/mol. The molecule has 0 aliphatic carbocycles. The zero-order valence-electron chi connectivity index (χ0n) is 6.30. The molecule has 0 heterocycles. The Balaban J connectivity index is 2.52. The van der Waals surface area contributed by atoms with Crippen LogP contribution in [0.1, 0.15) is 5.56 Å². The third-order valence-electron chi connectivity index (χ3n) is 1.33. The van der Waals surface area contributed by atoms with Crippen LogP contribution in [0.3, 0.4) is 0 Å². The van der Waals surface area contributed by atoms with E-state index in [-0.39, 0.29) is 0 Å². The first-order valence-corrected chi connectivity index (χ1v) is 4.93. The Labute approximate surface area is 76.3 Å². The van der Waals surface area contributed by atoms with E-state index in [2.05, 4.69) is 4.72 Å². The number of hydrogen-bond donors (Lipinski definition) is 1. The Morgan fingerprint density at radius 3 is 2.55 bits per heavy atom. The van der Waals surface area contributed by atoms with Crippen LogP contribution in [0, 0.1) is 0 Å². The topological polar surface area (TPSA) is 12.0 Å². The highest BCUT2D eigenvalue weighted by Gasteiger charge is 1.90. The molecule has 3 heteroatoms. The summed E-state index contributed by atoms with van der Waals surface area (Å²) in [6.45, 7) is 0.887. The number of halogens is 1. The third kappa shape index (κ3) is 3.14. The Hall–Kier alpha value is -0.180. The molecular formula is C8H10ClNS. The minimum absolute atomic E-state index is 0.790. The van der Waals surface area contributed by atoms with Gasteiger partial charge in [-0.15, -0.1) is 0 Å². The van der Waals surface area contributed by atoms with E-state index in [0.29, 0.717) is 0 Å². The smallest absolute Gasteiger partial charge is 0.0406 e. The minimum Gasteiger partial charge on any atom is -0.260 e. The summed E-state index contributed by atoms with van der Waals surface area (Å²) in [5.74, 6) is 0. The Kier molecular flexibility index (Phi) is 3.77. The summed E-state index contributed by atoms with van der Waals surface area (Å²) in [5, 5.41) is 0.790. The fourth-order valence-corrected chi connectivity index (χ4v) is 1.19. The maximum atomic E-state index is 5.72. The molecular weight excluding hydrogens is 178 g/mol. The van der Waals surface area contributed by atoms with Gasteiger partial charge in [0.15, 0.2) is 0 Å². The van der Waals surface area contributed by atoms with Crippen LogP contribution in [0.2, 0.25) is 5.02 Å². The Morgan fingerprint density at radius 1 is 1.36 bits per heavy atom. The first-order valence-electron chi connectivity index (χ1n) is 3.33. The van der Waals surface area contributed by atoms with Gasteiger partial charge in [0.2, 0.25) is 0 Å². The van der Waals surface area contributed by atoms with Crippen LogP contribution in [-0.4, -0.2) is 6.26 Å². The van der Waals surface area contributed by atoms with Crippen molar-refractivity contribution in [2.45, 2.75) is 6.54 Å². The van der Waals surface area contributed by atoms with Crippen LogP contribution in [-0.2, 0) is 6.54 Å². The highest BCUT2D eigenvalue weighted by molar-refractivity contribution is 7.96. The summed E-state index contributed by atoms with van der Waals surface area (Å²) in [6, 6.07) is 7.84. The van der Waals surface area contributed by atoms with Gasteiger partial charge in [-0.25, -0.2) is 0 Å². The van der Waals surface area contributed by atoms with Crippen molar-refractivity contribution in [3.63, 3.8) is 0 Å². The van der Waals surface area contributed by atoms with E-state index >= 15 is 0 Å². The quantitative estimate of drug-likeness (QED) is 0.731. The van der Waals surface area contributed by atoms with Crippen LogP contribution in [0.25, 0.3) is 0 Å². The zero-order valence-corrected chi connectivity index (χ0v) is 7.88. The molecule has 0 saturated carbocycles. The maximum absolute atomic E-state index is 5.72. The molecule has 0 aliphatic rings. The van der Waals surface area contributed by atoms with Crippen LogP contribution in [0.15, 0.2) is 24.3 Å². The van der Waals surface area contributed by atoms with Crippen molar-refractivity contribution in [2.24, 2.45) is 0 Å². The molecule has 0 radical (unpaired) electrons. The van der Waals surface area contributed by atoms with Crippen molar-refractivity contribution in [2.75, 3.05) is 6.26 Å². The molecule has 0 aliphatic heterocycles. The van der Waals surface area contributed by atoms with Crippen molar-refractivity contribution < 1.29 is 0 Å². The summed E-state index contributed by atoms with van der Waals surface area (Å²) in [7, 11) is 0. The Bertz CT molecular complexity index is 210. The van der Waals surface area contributed by atoms with E-state index in [4.69, 9.17) is 11.6 Å². The predicted octanol–water partition coefficient (Wildman–Crippen LogP) is 2.71. The van der Waals surface area contributed by atoms with Crippen molar-refractivity contribution in [1.29, 1.82) is 0 Å². The number of hydrogen-bond acceptors (Lipinski definition) is 2. The zero-order chi connectivity index (χ0) is 8.10. The fraction of sp³-hybridized carbons (Fsp3) is 0.250. The lowest BCUT2D eigenvalue weighted by atomic mass is 10.2. The third-order valence-corrected chi connectivity index (χ3v) is 2.02. The molecule has 1 rings (SSSR count). The van der Waals surface area contributed by atoms with Crippen molar-refractivity contribution in [3.05, 3.63) is 34.9 Å². The van der Waals surface area contributed by atoms with E-state index in [0.717, 1.165) is 11.6 Å². The SMILES string of the molecule is CSNCc1ccc(Cl)cc1. The highest BCUT2D eigenvalue weighted by Crippen LogP contribution is 2.09. The molecule has 0 aromatic heterocycles. The van der Waals surface area contributed by atoms with Crippen LogP contribution in [0.5, 0.6) is 0 Å². The molecule has 0 spiro atoms. The van der Waals surface area contributed by atoms with E-state index in [1.54, 1.807) is 11.9 Å².